The van der Waals surface area contributed by atoms with Gasteiger partial charge in [0.1, 0.15) is 0 Å². The third-order valence-corrected chi connectivity index (χ3v) is 4.55. The molecule has 8 heteroatoms. The van der Waals surface area contributed by atoms with E-state index in [9.17, 15) is 23.3 Å². The summed E-state index contributed by atoms with van der Waals surface area (Å²) < 4.78 is 25.3. The molecule has 7 nitrogen and oxygen atoms in total. The van der Waals surface area contributed by atoms with E-state index >= 15 is 0 Å². The van der Waals surface area contributed by atoms with Gasteiger partial charge in [-0.25, -0.2) is 8.42 Å². The topological polar surface area (TPSA) is 97.6 Å². The highest BCUT2D eigenvalue weighted by Crippen LogP contribution is 2.23. The van der Waals surface area contributed by atoms with E-state index < -0.39 is 14.9 Å². The summed E-state index contributed by atoms with van der Waals surface area (Å²) in [5.74, 6) is -0.119. The number of anilines is 1. The Kier molecular flexibility index (Phi) is 4.99. The molecule has 0 aliphatic heterocycles. The van der Waals surface area contributed by atoms with E-state index in [4.69, 9.17) is 0 Å². The highest BCUT2D eigenvalue weighted by Gasteiger charge is 2.19. The van der Waals surface area contributed by atoms with E-state index in [-0.39, 0.29) is 18.0 Å². The number of rotatable bonds is 6. The van der Waals surface area contributed by atoms with Crippen LogP contribution in [0.1, 0.15) is 22.8 Å². The molecular formula is C16H16N2O5S. The molecule has 0 saturated carbocycles. The molecule has 2 aromatic carbocycles. The summed E-state index contributed by atoms with van der Waals surface area (Å²) in [4.78, 5) is 21.6. The molecule has 0 amide bonds. The quantitative estimate of drug-likeness (QED) is 0.454. The minimum Gasteiger partial charge on any atom is -0.295 e. The Morgan fingerprint density at radius 3 is 2.29 bits per heavy atom. The van der Waals surface area contributed by atoms with E-state index in [0.29, 0.717) is 16.8 Å². The van der Waals surface area contributed by atoms with Crippen molar-refractivity contribution in [1.29, 1.82) is 0 Å². The fourth-order valence-electron chi connectivity index (χ4n) is 2.20. The van der Waals surface area contributed by atoms with E-state index in [2.05, 4.69) is 0 Å². The molecule has 126 valence electrons. The van der Waals surface area contributed by atoms with Crippen LogP contribution in [0.25, 0.3) is 0 Å². The van der Waals surface area contributed by atoms with E-state index in [1.165, 1.54) is 37.3 Å². The zero-order valence-electron chi connectivity index (χ0n) is 13.2. The zero-order valence-corrected chi connectivity index (χ0v) is 14.0. The van der Waals surface area contributed by atoms with Gasteiger partial charge in [0.2, 0.25) is 10.0 Å². The maximum Gasteiger partial charge on any atom is 0.269 e. The van der Waals surface area contributed by atoms with Crippen LogP contribution in [0.2, 0.25) is 0 Å². The lowest BCUT2D eigenvalue weighted by molar-refractivity contribution is -0.384. The van der Waals surface area contributed by atoms with Crippen LogP contribution in [0.3, 0.4) is 0 Å². The van der Waals surface area contributed by atoms with Crippen LogP contribution in [-0.4, -0.2) is 25.4 Å². The number of nitro groups is 1. The Hall–Kier alpha value is -2.74. The summed E-state index contributed by atoms with van der Waals surface area (Å²) in [7, 11) is -3.60. The van der Waals surface area contributed by atoms with Gasteiger partial charge in [0.05, 0.1) is 23.4 Å². The van der Waals surface area contributed by atoms with Crippen LogP contribution in [0, 0.1) is 10.1 Å². The van der Waals surface area contributed by atoms with Gasteiger partial charge < -0.3 is 0 Å². The maximum absolute atomic E-state index is 12.1. The average Bonchev–Trinajstić information content (AvgIpc) is 2.52. The monoisotopic (exact) mass is 348 g/mol. The van der Waals surface area contributed by atoms with Gasteiger partial charge in [-0.2, -0.15) is 0 Å². The number of hydrogen-bond acceptors (Lipinski definition) is 5. The second kappa shape index (κ2) is 6.79. The number of hydrogen-bond donors (Lipinski definition) is 0. The molecule has 24 heavy (non-hydrogen) atoms. The van der Waals surface area contributed by atoms with Gasteiger partial charge in [-0.3, -0.25) is 19.2 Å². The first kappa shape index (κ1) is 17.6. The van der Waals surface area contributed by atoms with E-state index in [0.717, 1.165) is 10.6 Å². The van der Waals surface area contributed by atoms with Crippen LogP contribution in [0.15, 0.2) is 48.5 Å². The van der Waals surface area contributed by atoms with Crippen molar-refractivity contribution in [3.63, 3.8) is 0 Å². The first-order valence-electron chi connectivity index (χ1n) is 7.00. The molecule has 0 fully saturated rings. The number of carbonyl (C=O) groups is 1. The summed E-state index contributed by atoms with van der Waals surface area (Å²) in [5, 5.41) is 10.8. The molecular weight excluding hydrogens is 332 g/mol. The third-order valence-electron chi connectivity index (χ3n) is 3.41. The van der Waals surface area contributed by atoms with Gasteiger partial charge in [-0.1, -0.05) is 12.1 Å². The fraction of sp³-hybridized carbons (Fsp3) is 0.188. The van der Waals surface area contributed by atoms with Crippen molar-refractivity contribution in [3.8, 4) is 0 Å². The molecule has 0 bridgehead atoms. The second-order valence-corrected chi connectivity index (χ2v) is 7.21. The first-order chi connectivity index (χ1) is 11.2. The second-order valence-electron chi connectivity index (χ2n) is 5.30. The van der Waals surface area contributed by atoms with Gasteiger partial charge in [0.25, 0.3) is 5.69 Å². The van der Waals surface area contributed by atoms with E-state index in [1.54, 1.807) is 18.2 Å². The van der Waals surface area contributed by atoms with Gasteiger partial charge in [-0.15, -0.1) is 0 Å². The minimum atomic E-state index is -3.60. The van der Waals surface area contributed by atoms with Crippen molar-refractivity contribution in [1.82, 2.24) is 0 Å². The molecule has 0 radical (unpaired) electrons. The number of benzene rings is 2. The molecule has 0 N–H and O–H groups in total. The number of nitrogens with zero attached hydrogens (tertiary/aromatic N) is 2. The molecule has 2 aromatic rings. The van der Waals surface area contributed by atoms with Crippen molar-refractivity contribution in [2.75, 3.05) is 10.6 Å². The lowest BCUT2D eigenvalue weighted by atomic mass is 10.1. The van der Waals surface area contributed by atoms with Gasteiger partial charge in [0, 0.05) is 17.7 Å². The average molecular weight is 348 g/mol. The van der Waals surface area contributed by atoms with Crippen LogP contribution in [-0.2, 0) is 16.6 Å². The van der Waals surface area contributed by atoms with Crippen LogP contribution < -0.4 is 4.31 Å². The molecule has 0 atom stereocenters. The molecule has 0 unspecified atom stereocenters. The van der Waals surface area contributed by atoms with Gasteiger partial charge in [-0.05, 0) is 36.8 Å². The number of non-ortho nitro benzene ring substituents is 1. The predicted octanol–water partition coefficient (Wildman–Crippen LogP) is 2.76. The largest absolute Gasteiger partial charge is 0.295 e. The fourth-order valence-corrected chi connectivity index (χ4v) is 3.08. The molecule has 0 aromatic heterocycles. The number of sulfonamides is 1. The number of Topliss-reactive ketones (excluding diaryl/α,β-unsaturated/α-hetero) is 1. The molecule has 0 spiro atoms. The number of ketones is 1. The summed E-state index contributed by atoms with van der Waals surface area (Å²) in [5.41, 5.74) is 1.25. The van der Waals surface area contributed by atoms with Crippen LogP contribution in [0.5, 0.6) is 0 Å². The Labute approximate surface area is 139 Å². The SMILES string of the molecule is CC(=O)c1ccc(N(Cc2cccc([N+](=O)[O-])c2)S(C)(=O)=O)cc1. The first-order valence-corrected chi connectivity index (χ1v) is 8.85. The number of nitro benzene ring substituents is 1. The van der Waals surface area contributed by atoms with Gasteiger partial charge >= 0.3 is 0 Å². The Morgan fingerprint density at radius 1 is 1.17 bits per heavy atom. The summed E-state index contributed by atoms with van der Waals surface area (Å²) >= 11 is 0. The zero-order chi connectivity index (χ0) is 17.9. The molecule has 2 rings (SSSR count). The molecule has 0 aliphatic rings. The third kappa shape index (κ3) is 4.17. The van der Waals surface area contributed by atoms with Crippen molar-refractivity contribution < 1.29 is 18.1 Å². The standard InChI is InChI=1S/C16H16N2O5S/c1-12(19)14-6-8-15(9-7-14)17(24(2,22)23)11-13-4-3-5-16(10-13)18(20)21/h3-10H,11H2,1-2H3. The Balaban J connectivity index is 2.38. The van der Waals surface area contributed by atoms with Crippen LogP contribution >= 0.6 is 0 Å². The van der Waals surface area contributed by atoms with Crippen molar-refractivity contribution >= 4 is 27.2 Å². The number of carbonyl (C=O) groups excluding carboxylic acids is 1. The highest BCUT2D eigenvalue weighted by molar-refractivity contribution is 7.92. The lowest BCUT2D eigenvalue weighted by Gasteiger charge is -2.22. The Morgan fingerprint density at radius 2 is 1.79 bits per heavy atom. The van der Waals surface area contributed by atoms with Crippen molar-refractivity contribution in [3.05, 3.63) is 69.8 Å². The smallest absolute Gasteiger partial charge is 0.269 e. The normalized spacial score (nSPS) is 11.1. The van der Waals surface area contributed by atoms with E-state index in [1.807, 2.05) is 0 Å². The minimum absolute atomic E-state index is 0.0417. The highest BCUT2D eigenvalue weighted by atomic mass is 32.2. The predicted molar refractivity (Wildman–Crippen MR) is 90.6 cm³/mol. The van der Waals surface area contributed by atoms with Crippen molar-refractivity contribution in [2.45, 2.75) is 13.5 Å². The molecule has 0 aliphatic carbocycles. The van der Waals surface area contributed by atoms with Crippen molar-refractivity contribution in [2.24, 2.45) is 0 Å². The molecule has 0 saturated heterocycles. The Bertz CT molecular complexity index is 876. The van der Waals surface area contributed by atoms with Crippen LogP contribution in [0.4, 0.5) is 11.4 Å². The summed E-state index contributed by atoms with van der Waals surface area (Å²) in [6, 6.07) is 12.0. The summed E-state index contributed by atoms with van der Waals surface area (Å²) in [6.07, 6.45) is 1.06. The molecule has 0 heterocycles. The lowest BCUT2D eigenvalue weighted by Crippen LogP contribution is -2.29. The van der Waals surface area contributed by atoms with Gasteiger partial charge in [0.15, 0.2) is 5.78 Å². The summed E-state index contributed by atoms with van der Waals surface area (Å²) in [6.45, 7) is 1.38. The maximum atomic E-state index is 12.1.